The molecule has 1 aliphatic carbocycles. The third kappa shape index (κ3) is 4.73. The van der Waals surface area contributed by atoms with Crippen molar-refractivity contribution in [1.29, 1.82) is 0 Å². The molecule has 0 amide bonds. The Hall–Kier alpha value is -2.07. The molecule has 25 heavy (non-hydrogen) atoms. The maximum atomic E-state index is 5.45. The van der Waals surface area contributed by atoms with Gasteiger partial charge in [-0.25, -0.2) is 0 Å². The molecule has 0 saturated carbocycles. The minimum Gasteiger partial charge on any atom is -0.497 e. The van der Waals surface area contributed by atoms with E-state index in [9.17, 15) is 0 Å². The molecule has 3 nitrogen and oxygen atoms in total. The first-order valence-corrected chi connectivity index (χ1v) is 9.35. The molecule has 0 fully saturated rings. The Morgan fingerprint density at radius 3 is 2.52 bits per heavy atom. The van der Waals surface area contributed by atoms with Gasteiger partial charge >= 0.3 is 0 Å². The highest BCUT2D eigenvalue weighted by molar-refractivity contribution is 7.80. The van der Waals surface area contributed by atoms with Gasteiger partial charge in [0, 0.05) is 6.54 Å². The van der Waals surface area contributed by atoms with Gasteiger partial charge in [0.2, 0.25) is 0 Å². The van der Waals surface area contributed by atoms with Crippen LogP contribution in [-0.2, 0) is 19.4 Å². The highest BCUT2D eigenvalue weighted by Crippen LogP contribution is 2.24. The lowest BCUT2D eigenvalue weighted by Crippen LogP contribution is -2.36. The Morgan fingerprint density at radius 1 is 1.08 bits per heavy atom. The van der Waals surface area contributed by atoms with Gasteiger partial charge in [0.05, 0.1) is 13.2 Å². The number of rotatable bonds is 5. The highest BCUT2D eigenvalue weighted by atomic mass is 32.1. The van der Waals surface area contributed by atoms with Crippen LogP contribution in [0, 0.1) is 0 Å². The molecule has 0 aromatic heterocycles. The fourth-order valence-corrected chi connectivity index (χ4v) is 3.53. The van der Waals surface area contributed by atoms with E-state index in [2.05, 4.69) is 35.8 Å². The molecule has 2 N–H and O–H groups in total. The second kappa shape index (κ2) is 8.34. The average Bonchev–Trinajstić information content (AvgIpc) is 2.66. The monoisotopic (exact) mass is 354 g/mol. The maximum Gasteiger partial charge on any atom is 0.167 e. The first-order valence-electron chi connectivity index (χ1n) is 8.94. The molecule has 0 aliphatic heterocycles. The highest BCUT2D eigenvalue weighted by Gasteiger charge is 2.13. The third-order valence-corrected chi connectivity index (χ3v) is 5.09. The largest absolute Gasteiger partial charge is 0.497 e. The number of hydrogen-bond donors (Lipinski definition) is 2. The second-order valence-electron chi connectivity index (χ2n) is 6.63. The summed E-state index contributed by atoms with van der Waals surface area (Å²) in [4.78, 5) is 0. The van der Waals surface area contributed by atoms with Crippen LogP contribution in [-0.4, -0.2) is 12.2 Å². The van der Waals surface area contributed by atoms with E-state index in [0.717, 1.165) is 5.75 Å². The van der Waals surface area contributed by atoms with E-state index in [0.29, 0.717) is 11.7 Å². The minimum absolute atomic E-state index is 0.197. The summed E-state index contributed by atoms with van der Waals surface area (Å²) >= 11 is 5.45. The third-order valence-electron chi connectivity index (χ3n) is 4.83. The van der Waals surface area contributed by atoms with Crippen LogP contribution < -0.4 is 15.4 Å². The summed E-state index contributed by atoms with van der Waals surface area (Å²) in [6.07, 6.45) is 5.05. The van der Waals surface area contributed by atoms with Crippen LogP contribution in [0.2, 0.25) is 0 Å². The fraction of sp³-hybridized carbons (Fsp3) is 0.381. The molecule has 2 aromatic carbocycles. The van der Waals surface area contributed by atoms with E-state index in [4.69, 9.17) is 17.0 Å². The topological polar surface area (TPSA) is 33.3 Å². The zero-order valence-corrected chi connectivity index (χ0v) is 15.8. The van der Waals surface area contributed by atoms with Crippen LogP contribution >= 0.6 is 12.2 Å². The quantitative estimate of drug-likeness (QED) is 0.785. The van der Waals surface area contributed by atoms with E-state index in [1.54, 1.807) is 7.11 Å². The zero-order valence-electron chi connectivity index (χ0n) is 15.0. The molecule has 4 heteroatoms. The summed E-state index contributed by atoms with van der Waals surface area (Å²) < 4.78 is 5.18. The number of methoxy groups -OCH3 is 1. The van der Waals surface area contributed by atoms with Gasteiger partial charge in [-0.2, -0.15) is 0 Å². The smallest absolute Gasteiger partial charge is 0.167 e. The number of ether oxygens (including phenoxy) is 1. The normalized spacial score (nSPS) is 14.3. The summed E-state index contributed by atoms with van der Waals surface area (Å²) in [5.74, 6) is 0.866. The van der Waals surface area contributed by atoms with Crippen LogP contribution in [0.5, 0.6) is 5.75 Å². The van der Waals surface area contributed by atoms with Gasteiger partial charge in [-0.05, 0) is 79.2 Å². The van der Waals surface area contributed by atoms with Crippen molar-refractivity contribution >= 4 is 17.3 Å². The molecule has 0 bridgehead atoms. The van der Waals surface area contributed by atoms with Crippen molar-refractivity contribution in [2.24, 2.45) is 0 Å². The zero-order chi connectivity index (χ0) is 17.6. The van der Waals surface area contributed by atoms with Crippen LogP contribution in [0.3, 0.4) is 0 Å². The van der Waals surface area contributed by atoms with Gasteiger partial charge in [0.25, 0.3) is 0 Å². The Morgan fingerprint density at radius 2 is 1.80 bits per heavy atom. The molecule has 0 radical (unpaired) electrons. The van der Waals surface area contributed by atoms with Gasteiger partial charge in [0.15, 0.2) is 5.11 Å². The lowest BCUT2D eigenvalue weighted by Gasteiger charge is -2.21. The molecule has 1 aliphatic rings. The van der Waals surface area contributed by atoms with Gasteiger partial charge in [-0.1, -0.05) is 30.3 Å². The van der Waals surface area contributed by atoms with Crippen molar-refractivity contribution in [3.63, 3.8) is 0 Å². The number of thiocarbonyl (C=S) groups is 1. The maximum absolute atomic E-state index is 5.45. The molecule has 0 spiro atoms. The Kier molecular flexibility index (Phi) is 5.92. The molecule has 1 atom stereocenters. The Balaban J connectivity index is 1.53. The molecule has 132 valence electrons. The first kappa shape index (κ1) is 17.7. The van der Waals surface area contributed by atoms with Gasteiger partial charge < -0.3 is 15.4 Å². The standard InChI is InChI=1S/C21H26N2OS/c1-15(18-10-9-17-5-3-4-6-19(17)13-18)23-21(25)22-14-16-7-11-20(24-2)12-8-16/h7-13,15H,3-6,14H2,1-2H3,(H2,22,23,25)/t15-/m1/s1. The summed E-state index contributed by atoms with van der Waals surface area (Å²) in [5.41, 5.74) is 5.50. The van der Waals surface area contributed by atoms with Crippen LogP contribution in [0.25, 0.3) is 0 Å². The van der Waals surface area contributed by atoms with Gasteiger partial charge in [0.1, 0.15) is 5.75 Å². The summed E-state index contributed by atoms with van der Waals surface area (Å²) in [7, 11) is 1.68. The molecular weight excluding hydrogens is 328 g/mol. The van der Waals surface area contributed by atoms with Gasteiger partial charge in [-0.15, -0.1) is 0 Å². The average molecular weight is 355 g/mol. The van der Waals surface area contributed by atoms with E-state index in [-0.39, 0.29) is 6.04 Å². The van der Waals surface area contributed by atoms with E-state index in [1.807, 2.05) is 24.3 Å². The number of benzene rings is 2. The van der Waals surface area contributed by atoms with Crippen molar-refractivity contribution in [2.45, 2.75) is 45.2 Å². The Labute approximate surface area is 155 Å². The molecule has 2 aromatic rings. The van der Waals surface area contributed by atoms with E-state index >= 15 is 0 Å². The Bertz CT molecular complexity index is 727. The van der Waals surface area contributed by atoms with Crippen LogP contribution in [0.15, 0.2) is 42.5 Å². The SMILES string of the molecule is COc1ccc(CNC(=S)N[C@H](C)c2ccc3c(c2)CCCC3)cc1. The van der Waals surface area contributed by atoms with Crippen LogP contribution in [0.1, 0.15) is 48.1 Å². The molecule has 0 unspecified atom stereocenters. The summed E-state index contributed by atoms with van der Waals surface area (Å²) in [6.45, 7) is 2.86. The lowest BCUT2D eigenvalue weighted by molar-refractivity contribution is 0.414. The van der Waals surface area contributed by atoms with Crippen molar-refractivity contribution < 1.29 is 4.74 Å². The molecule has 0 saturated heterocycles. The van der Waals surface area contributed by atoms with Crippen LogP contribution in [0.4, 0.5) is 0 Å². The van der Waals surface area contributed by atoms with Crippen molar-refractivity contribution in [3.05, 3.63) is 64.7 Å². The molecular formula is C21H26N2OS. The van der Waals surface area contributed by atoms with Crippen molar-refractivity contribution in [3.8, 4) is 5.75 Å². The number of fused-ring (bicyclic) bond motifs is 1. The fourth-order valence-electron chi connectivity index (χ4n) is 3.28. The van der Waals surface area contributed by atoms with Crippen molar-refractivity contribution in [1.82, 2.24) is 10.6 Å². The minimum atomic E-state index is 0.197. The summed E-state index contributed by atoms with van der Waals surface area (Å²) in [5, 5.41) is 7.35. The molecule has 0 heterocycles. The number of hydrogen-bond acceptors (Lipinski definition) is 2. The number of aryl methyl sites for hydroxylation is 2. The predicted octanol–water partition coefficient (Wildman–Crippen LogP) is 4.30. The van der Waals surface area contributed by atoms with E-state index in [1.165, 1.54) is 47.9 Å². The number of nitrogens with one attached hydrogen (secondary N) is 2. The first-order chi connectivity index (χ1) is 12.2. The summed E-state index contributed by atoms with van der Waals surface area (Å²) in [6, 6.07) is 15.1. The molecule has 3 rings (SSSR count). The van der Waals surface area contributed by atoms with E-state index < -0.39 is 0 Å². The van der Waals surface area contributed by atoms with Gasteiger partial charge in [-0.3, -0.25) is 0 Å². The predicted molar refractivity (Wildman–Crippen MR) is 107 cm³/mol. The van der Waals surface area contributed by atoms with Crippen molar-refractivity contribution in [2.75, 3.05) is 7.11 Å². The second-order valence-corrected chi connectivity index (χ2v) is 7.04. The lowest BCUT2D eigenvalue weighted by atomic mass is 9.89.